The molecule has 2 amide bonds. The van der Waals surface area contributed by atoms with E-state index in [1.54, 1.807) is 28.0 Å². The smallest absolute Gasteiger partial charge is 0.264 e. The van der Waals surface area contributed by atoms with E-state index in [1.807, 2.05) is 74.0 Å². The Morgan fingerprint density at radius 3 is 2.30 bits per heavy atom. The van der Waals surface area contributed by atoms with Crippen LogP contribution in [0.15, 0.2) is 90.4 Å². The van der Waals surface area contributed by atoms with Gasteiger partial charge in [-0.25, -0.2) is 4.39 Å². The van der Waals surface area contributed by atoms with Gasteiger partial charge in [0.15, 0.2) is 0 Å². The lowest BCUT2D eigenvalue weighted by atomic mass is 10.2. The summed E-state index contributed by atoms with van der Waals surface area (Å²) in [6, 6.07) is 23.9. The lowest BCUT2D eigenvalue weighted by Crippen LogP contribution is -2.43. The maximum Gasteiger partial charge on any atom is 0.264 e. The van der Waals surface area contributed by atoms with Crippen LogP contribution in [0.5, 0.6) is 0 Å². The van der Waals surface area contributed by atoms with Crippen LogP contribution in [0.3, 0.4) is 0 Å². The molecule has 5 nitrogen and oxygen atoms in total. The summed E-state index contributed by atoms with van der Waals surface area (Å²) in [5.41, 5.74) is 2.96. The molecule has 0 saturated carbocycles. The van der Waals surface area contributed by atoms with Crippen LogP contribution >= 0.6 is 11.3 Å². The van der Waals surface area contributed by atoms with Crippen LogP contribution in [0.25, 0.3) is 0 Å². The SMILES string of the molecule is CC(C)CN(CC(=O)N(Cc1ccccc1)Cc1cccn1Cc1ccc(F)cc1)C(=O)c1cccs1. The van der Waals surface area contributed by atoms with Crippen LogP contribution in [-0.4, -0.2) is 39.3 Å². The Morgan fingerprint density at radius 1 is 0.865 bits per heavy atom. The Balaban J connectivity index is 1.55. The number of nitrogens with zero attached hydrogens (tertiary/aromatic N) is 3. The second-order valence-electron chi connectivity index (χ2n) is 9.55. The van der Waals surface area contributed by atoms with Gasteiger partial charge in [0.2, 0.25) is 5.91 Å². The lowest BCUT2D eigenvalue weighted by Gasteiger charge is -2.29. The third-order valence-electron chi connectivity index (χ3n) is 6.04. The number of rotatable bonds is 11. The van der Waals surface area contributed by atoms with Crippen molar-refractivity contribution in [2.45, 2.75) is 33.5 Å². The molecule has 2 aromatic heterocycles. The highest BCUT2D eigenvalue weighted by atomic mass is 32.1. The summed E-state index contributed by atoms with van der Waals surface area (Å²) >= 11 is 1.39. The van der Waals surface area contributed by atoms with Gasteiger partial charge in [0.05, 0.1) is 11.4 Å². The van der Waals surface area contributed by atoms with Gasteiger partial charge in [-0.15, -0.1) is 11.3 Å². The molecule has 0 aliphatic heterocycles. The Labute approximate surface area is 221 Å². The fraction of sp³-hybridized carbons (Fsp3) is 0.267. The van der Waals surface area contributed by atoms with Crippen LogP contribution in [0, 0.1) is 11.7 Å². The summed E-state index contributed by atoms with van der Waals surface area (Å²) in [5.74, 6) is -0.258. The zero-order valence-electron chi connectivity index (χ0n) is 21.2. The lowest BCUT2D eigenvalue weighted by molar-refractivity contribution is -0.133. The van der Waals surface area contributed by atoms with Gasteiger partial charge in [-0.2, -0.15) is 0 Å². The molecule has 0 fully saturated rings. The number of benzene rings is 2. The monoisotopic (exact) mass is 517 g/mol. The van der Waals surface area contributed by atoms with E-state index >= 15 is 0 Å². The summed E-state index contributed by atoms with van der Waals surface area (Å²) in [6.45, 7) is 6.01. The average Bonchev–Trinajstić information content (AvgIpc) is 3.57. The number of aromatic nitrogens is 1. The van der Waals surface area contributed by atoms with Crippen molar-refractivity contribution in [3.05, 3.63) is 118 Å². The molecule has 0 bridgehead atoms. The summed E-state index contributed by atoms with van der Waals surface area (Å²) in [5, 5.41) is 1.87. The Morgan fingerprint density at radius 2 is 1.62 bits per heavy atom. The molecule has 37 heavy (non-hydrogen) atoms. The predicted molar refractivity (Wildman–Crippen MR) is 146 cm³/mol. The largest absolute Gasteiger partial charge is 0.345 e. The molecule has 0 unspecified atom stereocenters. The van der Waals surface area contributed by atoms with E-state index in [0.717, 1.165) is 16.8 Å². The Kier molecular flexibility index (Phi) is 8.90. The number of carbonyl (C=O) groups excluding carboxylic acids is 2. The third kappa shape index (κ3) is 7.40. The van der Waals surface area contributed by atoms with Gasteiger partial charge in [-0.3, -0.25) is 9.59 Å². The van der Waals surface area contributed by atoms with Crippen molar-refractivity contribution in [3.8, 4) is 0 Å². The highest BCUT2D eigenvalue weighted by molar-refractivity contribution is 7.12. The molecule has 0 aliphatic rings. The minimum Gasteiger partial charge on any atom is -0.345 e. The molecular weight excluding hydrogens is 485 g/mol. The minimum atomic E-state index is -0.265. The van der Waals surface area contributed by atoms with Crippen LogP contribution in [0.1, 0.15) is 40.3 Å². The van der Waals surface area contributed by atoms with Crippen LogP contribution < -0.4 is 0 Å². The minimum absolute atomic E-state index is 0.0143. The number of hydrogen-bond donors (Lipinski definition) is 0. The van der Waals surface area contributed by atoms with E-state index in [-0.39, 0.29) is 30.1 Å². The fourth-order valence-electron chi connectivity index (χ4n) is 4.24. The summed E-state index contributed by atoms with van der Waals surface area (Å²) in [6.07, 6.45) is 1.97. The van der Waals surface area contributed by atoms with Gasteiger partial charge < -0.3 is 14.4 Å². The highest BCUT2D eigenvalue weighted by Gasteiger charge is 2.24. The Bertz CT molecular complexity index is 1280. The molecule has 2 heterocycles. The van der Waals surface area contributed by atoms with Crippen molar-refractivity contribution < 1.29 is 14.0 Å². The predicted octanol–water partition coefficient (Wildman–Crippen LogP) is 6.06. The van der Waals surface area contributed by atoms with Crippen molar-refractivity contribution >= 4 is 23.2 Å². The van der Waals surface area contributed by atoms with E-state index in [4.69, 9.17) is 0 Å². The number of thiophene rings is 1. The highest BCUT2D eigenvalue weighted by Crippen LogP contribution is 2.17. The molecule has 0 radical (unpaired) electrons. The third-order valence-corrected chi connectivity index (χ3v) is 6.90. The maximum atomic E-state index is 13.7. The van der Waals surface area contributed by atoms with Gasteiger partial charge in [-0.1, -0.05) is 62.4 Å². The average molecular weight is 518 g/mol. The Hall–Kier alpha value is -3.71. The van der Waals surface area contributed by atoms with E-state index < -0.39 is 0 Å². The molecule has 0 N–H and O–H groups in total. The molecule has 0 saturated heterocycles. The van der Waals surface area contributed by atoms with E-state index in [2.05, 4.69) is 4.57 Å². The zero-order chi connectivity index (χ0) is 26.2. The summed E-state index contributed by atoms with van der Waals surface area (Å²) in [7, 11) is 0. The second kappa shape index (κ2) is 12.5. The topological polar surface area (TPSA) is 45.6 Å². The van der Waals surface area contributed by atoms with Gasteiger partial charge in [0.1, 0.15) is 12.4 Å². The molecule has 0 atom stereocenters. The molecule has 192 valence electrons. The van der Waals surface area contributed by atoms with E-state index in [9.17, 15) is 14.0 Å². The van der Waals surface area contributed by atoms with Crippen LogP contribution in [-0.2, 0) is 24.4 Å². The molecule has 0 spiro atoms. The van der Waals surface area contributed by atoms with Gasteiger partial charge in [0.25, 0.3) is 5.91 Å². The van der Waals surface area contributed by atoms with Crippen molar-refractivity contribution in [3.63, 3.8) is 0 Å². The van der Waals surface area contributed by atoms with E-state index in [1.165, 1.54) is 23.5 Å². The quantitative estimate of drug-likeness (QED) is 0.243. The molecule has 7 heteroatoms. The maximum absolute atomic E-state index is 13.7. The summed E-state index contributed by atoms with van der Waals surface area (Å²) in [4.78, 5) is 31.0. The standard InChI is InChI=1S/C30H32FN3O2S/c1-23(2)18-34(30(36)28-11-7-17-37-28)22-29(35)33(20-24-8-4-3-5-9-24)21-27-10-6-16-32(27)19-25-12-14-26(31)15-13-25/h3-17,23H,18-22H2,1-2H3. The first-order valence-electron chi connectivity index (χ1n) is 12.4. The first-order valence-corrected chi connectivity index (χ1v) is 13.3. The van der Waals surface area contributed by atoms with E-state index in [0.29, 0.717) is 31.1 Å². The van der Waals surface area contributed by atoms with Gasteiger partial charge >= 0.3 is 0 Å². The van der Waals surface area contributed by atoms with Crippen LogP contribution in [0.2, 0.25) is 0 Å². The number of amides is 2. The van der Waals surface area contributed by atoms with Crippen molar-refractivity contribution in [2.24, 2.45) is 5.92 Å². The molecular formula is C30H32FN3O2S. The molecule has 0 aliphatic carbocycles. The second-order valence-corrected chi connectivity index (χ2v) is 10.5. The number of carbonyl (C=O) groups is 2. The molecule has 4 aromatic rings. The van der Waals surface area contributed by atoms with Crippen molar-refractivity contribution in [2.75, 3.05) is 13.1 Å². The van der Waals surface area contributed by atoms with Crippen molar-refractivity contribution in [1.82, 2.24) is 14.4 Å². The molecule has 2 aromatic carbocycles. The summed E-state index contributed by atoms with van der Waals surface area (Å²) < 4.78 is 15.4. The van der Waals surface area contributed by atoms with Gasteiger partial charge in [0, 0.05) is 31.5 Å². The molecule has 4 rings (SSSR count). The first kappa shape index (κ1) is 26.4. The number of hydrogen-bond acceptors (Lipinski definition) is 3. The number of halogens is 1. The normalized spacial score (nSPS) is 11.0. The van der Waals surface area contributed by atoms with Gasteiger partial charge in [-0.05, 0) is 52.8 Å². The van der Waals surface area contributed by atoms with Crippen molar-refractivity contribution in [1.29, 1.82) is 0 Å². The first-order chi connectivity index (χ1) is 17.9. The zero-order valence-corrected chi connectivity index (χ0v) is 22.0. The van der Waals surface area contributed by atoms with Crippen LogP contribution in [0.4, 0.5) is 4.39 Å². The fourth-order valence-corrected chi connectivity index (χ4v) is 4.94.